The van der Waals surface area contributed by atoms with Gasteiger partial charge in [-0.3, -0.25) is 0 Å². The summed E-state index contributed by atoms with van der Waals surface area (Å²) in [6.07, 6.45) is 2.37. The zero-order valence-corrected chi connectivity index (χ0v) is 3.52. The standard InChI is InChI=1S/C4H8NO/c1-2-3-4-5-6/h2,4-6H,1,3H2. The Labute approximate surface area is 37.4 Å². The third-order valence-electron chi connectivity index (χ3n) is 0.376. The van der Waals surface area contributed by atoms with Gasteiger partial charge in [-0.15, -0.1) is 6.58 Å². The van der Waals surface area contributed by atoms with E-state index in [1.165, 1.54) is 6.54 Å². The van der Waals surface area contributed by atoms with Gasteiger partial charge in [-0.2, -0.15) is 0 Å². The van der Waals surface area contributed by atoms with Crippen molar-refractivity contribution in [2.45, 2.75) is 6.42 Å². The Bertz CT molecular complexity index is 36.5. The average Bonchev–Trinajstić information content (AvgIpc) is 1.61. The van der Waals surface area contributed by atoms with Crippen molar-refractivity contribution in [1.29, 1.82) is 0 Å². The van der Waals surface area contributed by atoms with Crippen molar-refractivity contribution < 1.29 is 5.21 Å². The molecular formula is C4H8NO. The minimum atomic E-state index is 0.691. The quantitative estimate of drug-likeness (QED) is 0.301. The van der Waals surface area contributed by atoms with Crippen molar-refractivity contribution in [3.8, 4) is 0 Å². The van der Waals surface area contributed by atoms with Crippen LogP contribution < -0.4 is 5.48 Å². The molecule has 0 aromatic rings. The predicted molar refractivity (Wildman–Crippen MR) is 24.0 cm³/mol. The first-order valence-electron chi connectivity index (χ1n) is 1.74. The lowest BCUT2D eigenvalue weighted by Crippen LogP contribution is -1.99. The third kappa shape index (κ3) is 3.66. The average molecular weight is 86.1 g/mol. The van der Waals surface area contributed by atoms with Gasteiger partial charge in [-0.25, -0.2) is 5.48 Å². The van der Waals surface area contributed by atoms with E-state index in [1.807, 2.05) is 5.48 Å². The van der Waals surface area contributed by atoms with Crippen LogP contribution in [0.15, 0.2) is 12.7 Å². The Morgan fingerprint density at radius 1 is 1.83 bits per heavy atom. The summed E-state index contributed by atoms with van der Waals surface area (Å²) in [5.74, 6) is 0. The summed E-state index contributed by atoms with van der Waals surface area (Å²) in [6, 6.07) is 0. The molecule has 0 amide bonds. The Kier molecular flexibility index (Phi) is 4.40. The second-order valence-corrected chi connectivity index (χ2v) is 0.858. The highest BCUT2D eigenvalue weighted by Crippen LogP contribution is 1.77. The smallest absolute Gasteiger partial charge is 0.0533 e. The van der Waals surface area contributed by atoms with E-state index in [4.69, 9.17) is 5.21 Å². The van der Waals surface area contributed by atoms with Gasteiger partial charge in [0.1, 0.15) is 0 Å². The molecule has 0 aromatic carbocycles. The molecule has 0 aliphatic heterocycles. The Morgan fingerprint density at radius 3 is 2.67 bits per heavy atom. The zero-order chi connectivity index (χ0) is 4.83. The summed E-state index contributed by atoms with van der Waals surface area (Å²) in [7, 11) is 0. The maximum absolute atomic E-state index is 7.84. The Morgan fingerprint density at radius 2 is 2.50 bits per heavy atom. The molecule has 0 aliphatic rings. The molecule has 2 heteroatoms. The number of hydroxylamine groups is 1. The molecule has 0 rings (SSSR count). The Balaban J connectivity index is 2.49. The molecule has 0 unspecified atom stereocenters. The highest BCUT2D eigenvalue weighted by atomic mass is 16.5. The van der Waals surface area contributed by atoms with Crippen LogP contribution in [-0.2, 0) is 0 Å². The first-order valence-corrected chi connectivity index (χ1v) is 1.74. The highest BCUT2D eigenvalue weighted by Gasteiger charge is 1.71. The largest absolute Gasteiger partial charge is 0.316 e. The molecule has 2 nitrogen and oxygen atoms in total. The lowest BCUT2D eigenvalue weighted by atomic mass is 10.4. The molecule has 0 spiro atoms. The maximum atomic E-state index is 7.84. The van der Waals surface area contributed by atoms with E-state index < -0.39 is 0 Å². The van der Waals surface area contributed by atoms with Crippen LogP contribution in [0, 0.1) is 6.54 Å². The summed E-state index contributed by atoms with van der Waals surface area (Å²) in [6.45, 7) is 4.91. The molecule has 6 heavy (non-hydrogen) atoms. The van der Waals surface area contributed by atoms with E-state index in [1.54, 1.807) is 6.08 Å². The van der Waals surface area contributed by atoms with Crippen LogP contribution in [0.2, 0.25) is 0 Å². The van der Waals surface area contributed by atoms with E-state index in [0.29, 0.717) is 6.42 Å². The predicted octanol–water partition coefficient (Wildman–Crippen LogP) is 0.703. The third-order valence-corrected chi connectivity index (χ3v) is 0.376. The molecule has 2 N–H and O–H groups in total. The van der Waals surface area contributed by atoms with Crippen LogP contribution >= 0.6 is 0 Å². The lowest BCUT2D eigenvalue weighted by molar-refractivity contribution is 0.194. The normalized spacial score (nSPS) is 8.17. The first kappa shape index (κ1) is 5.66. The number of nitrogens with one attached hydrogen (secondary N) is 1. The first-order chi connectivity index (χ1) is 2.91. The molecule has 1 radical (unpaired) electrons. The monoisotopic (exact) mass is 86.1 g/mol. The van der Waals surface area contributed by atoms with Crippen molar-refractivity contribution in [3.05, 3.63) is 19.2 Å². The number of hydrogen-bond acceptors (Lipinski definition) is 2. The van der Waals surface area contributed by atoms with Crippen molar-refractivity contribution in [2.24, 2.45) is 0 Å². The summed E-state index contributed by atoms with van der Waals surface area (Å²) in [4.78, 5) is 0. The molecular weight excluding hydrogens is 78.0 g/mol. The SMILES string of the molecule is C=CC[CH]NO. The van der Waals surface area contributed by atoms with Gasteiger partial charge < -0.3 is 5.21 Å². The van der Waals surface area contributed by atoms with E-state index in [9.17, 15) is 0 Å². The van der Waals surface area contributed by atoms with Gasteiger partial charge in [0, 0.05) is 0 Å². The van der Waals surface area contributed by atoms with Crippen molar-refractivity contribution in [3.63, 3.8) is 0 Å². The van der Waals surface area contributed by atoms with Gasteiger partial charge in [-0.05, 0) is 6.42 Å². The summed E-state index contributed by atoms with van der Waals surface area (Å²) >= 11 is 0. The van der Waals surface area contributed by atoms with E-state index in [2.05, 4.69) is 6.58 Å². The van der Waals surface area contributed by atoms with Crippen LogP contribution in [0.1, 0.15) is 6.42 Å². The molecule has 0 saturated heterocycles. The van der Waals surface area contributed by atoms with Crippen molar-refractivity contribution in [2.75, 3.05) is 0 Å². The van der Waals surface area contributed by atoms with Crippen LogP contribution in [0.4, 0.5) is 0 Å². The van der Waals surface area contributed by atoms with E-state index in [0.717, 1.165) is 0 Å². The Hall–Kier alpha value is -0.340. The van der Waals surface area contributed by atoms with Gasteiger partial charge in [0.2, 0.25) is 0 Å². The fourth-order valence-electron chi connectivity index (χ4n) is 0.136. The van der Waals surface area contributed by atoms with Gasteiger partial charge >= 0.3 is 0 Å². The lowest BCUT2D eigenvalue weighted by Gasteiger charge is -1.84. The van der Waals surface area contributed by atoms with Gasteiger partial charge in [0.15, 0.2) is 0 Å². The minimum Gasteiger partial charge on any atom is -0.316 e. The minimum absolute atomic E-state index is 0.691. The second-order valence-electron chi connectivity index (χ2n) is 0.858. The fraction of sp³-hybridized carbons (Fsp3) is 0.250. The number of rotatable bonds is 3. The molecule has 0 aliphatic carbocycles. The molecule has 35 valence electrons. The maximum Gasteiger partial charge on any atom is 0.0533 e. The van der Waals surface area contributed by atoms with E-state index >= 15 is 0 Å². The molecule has 0 aromatic heterocycles. The van der Waals surface area contributed by atoms with Crippen LogP contribution in [-0.4, -0.2) is 5.21 Å². The molecule has 0 fully saturated rings. The fourth-order valence-corrected chi connectivity index (χ4v) is 0.136. The summed E-state index contributed by atoms with van der Waals surface area (Å²) in [5.41, 5.74) is 1.87. The van der Waals surface area contributed by atoms with Crippen LogP contribution in [0.5, 0.6) is 0 Å². The highest BCUT2D eigenvalue weighted by molar-refractivity contribution is 4.72. The van der Waals surface area contributed by atoms with Crippen molar-refractivity contribution >= 4 is 0 Å². The molecule has 0 saturated carbocycles. The van der Waals surface area contributed by atoms with Gasteiger partial charge in [0.05, 0.1) is 6.54 Å². The molecule has 0 atom stereocenters. The molecule has 0 heterocycles. The van der Waals surface area contributed by atoms with E-state index in [-0.39, 0.29) is 0 Å². The van der Waals surface area contributed by atoms with Crippen LogP contribution in [0.25, 0.3) is 0 Å². The number of hydrogen-bond donors (Lipinski definition) is 2. The molecule has 0 bridgehead atoms. The summed E-state index contributed by atoms with van der Waals surface area (Å²) < 4.78 is 0. The second kappa shape index (κ2) is 4.66. The zero-order valence-electron chi connectivity index (χ0n) is 3.52. The summed E-state index contributed by atoms with van der Waals surface area (Å²) in [5, 5.41) is 7.84. The van der Waals surface area contributed by atoms with Gasteiger partial charge in [-0.1, -0.05) is 6.08 Å². The topological polar surface area (TPSA) is 32.3 Å². The van der Waals surface area contributed by atoms with Crippen molar-refractivity contribution in [1.82, 2.24) is 5.48 Å². The van der Waals surface area contributed by atoms with Crippen LogP contribution in [0.3, 0.4) is 0 Å². The van der Waals surface area contributed by atoms with Gasteiger partial charge in [0.25, 0.3) is 0 Å².